The van der Waals surface area contributed by atoms with Crippen LogP contribution in [0.2, 0.25) is 0 Å². The monoisotopic (exact) mass is 357 g/mol. The van der Waals surface area contributed by atoms with Gasteiger partial charge in [-0.2, -0.15) is 0 Å². The van der Waals surface area contributed by atoms with Gasteiger partial charge in [0.15, 0.2) is 0 Å². The number of carbonyl (C=O) groups excluding carboxylic acids is 2. The van der Waals surface area contributed by atoms with E-state index in [0.717, 1.165) is 4.47 Å². The number of amides is 2. The van der Waals surface area contributed by atoms with Gasteiger partial charge < -0.3 is 0 Å². The molecule has 4 heteroatoms. The minimum atomic E-state index is -0.216. The minimum absolute atomic E-state index is 0.0521. The molecule has 0 spiro atoms. The van der Waals surface area contributed by atoms with Gasteiger partial charge in [-0.3, -0.25) is 9.59 Å². The molecule has 0 aromatic heterocycles. The molecule has 3 nitrogen and oxygen atoms in total. The Labute approximate surface area is 137 Å². The maximum atomic E-state index is 12.9. The van der Waals surface area contributed by atoms with Gasteiger partial charge in [0, 0.05) is 16.3 Å². The zero-order valence-corrected chi connectivity index (χ0v) is 14.0. The smallest absolute Gasteiger partial charge is 0.238 e. The Balaban J connectivity index is 1.78. The average Bonchev–Trinajstić information content (AvgIpc) is 3.09. The van der Waals surface area contributed by atoms with Crippen molar-refractivity contribution in [3.8, 4) is 0 Å². The molecule has 1 saturated heterocycles. The molecule has 1 aromatic carbocycles. The van der Waals surface area contributed by atoms with Crippen LogP contribution in [0.25, 0.3) is 0 Å². The first-order valence-corrected chi connectivity index (χ1v) is 8.29. The predicted octanol–water partition coefficient (Wildman–Crippen LogP) is 3.71. The maximum Gasteiger partial charge on any atom is 0.238 e. The van der Waals surface area contributed by atoms with Crippen LogP contribution in [0, 0.1) is 23.7 Å². The summed E-state index contributed by atoms with van der Waals surface area (Å²) < 4.78 is 0.869. The molecule has 0 unspecified atom stereocenters. The van der Waals surface area contributed by atoms with Gasteiger partial charge in [-0.05, 0) is 32.0 Å². The normalized spacial score (nSPS) is 32.1. The van der Waals surface area contributed by atoms with E-state index in [2.05, 4.69) is 41.9 Å². The molecular weight excluding hydrogens is 342 g/mol. The van der Waals surface area contributed by atoms with Crippen molar-refractivity contribution < 1.29 is 9.59 Å². The minimum Gasteiger partial charge on any atom is -0.274 e. The van der Waals surface area contributed by atoms with Crippen molar-refractivity contribution in [3.63, 3.8) is 0 Å². The number of hydrogen-bond acceptors (Lipinski definition) is 2. The first-order chi connectivity index (χ1) is 10.5. The number of hydrogen-bond donors (Lipinski definition) is 0. The van der Waals surface area contributed by atoms with Gasteiger partial charge in [0.25, 0.3) is 0 Å². The summed E-state index contributed by atoms with van der Waals surface area (Å²) in [5.74, 6) is -0.327. The molecule has 3 aliphatic rings. The summed E-state index contributed by atoms with van der Waals surface area (Å²) in [4.78, 5) is 27.2. The molecule has 1 aromatic rings. The van der Waals surface area contributed by atoms with Gasteiger partial charge in [-0.15, -0.1) is 0 Å². The van der Waals surface area contributed by atoms with Crippen LogP contribution in [0.4, 0.5) is 5.69 Å². The van der Waals surface area contributed by atoms with Crippen molar-refractivity contribution >= 4 is 33.4 Å². The van der Waals surface area contributed by atoms with Crippen molar-refractivity contribution in [1.82, 2.24) is 0 Å². The summed E-state index contributed by atoms with van der Waals surface area (Å²) in [7, 11) is 0. The number of halogens is 1. The van der Waals surface area contributed by atoms with Gasteiger partial charge in [-0.1, -0.05) is 45.3 Å². The molecule has 0 N–H and O–H groups in total. The number of imide groups is 1. The molecule has 2 fully saturated rings. The lowest BCUT2D eigenvalue weighted by Gasteiger charge is -2.19. The molecule has 1 saturated carbocycles. The number of benzene rings is 1. The molecule has 2 aliphatic carbocycles. The van der Waals surface area contributed by atoms with Crippen LogP contribution in [0.3, 0.4) is 0 Å². The lowest BCUT2D eigenvalue weighted by molar-refractivity contribution is -0.122. The Kier molecular flexibility index (Phi) is 2.95. The summed E-state index contributed by atoms with van der Waals surface area (Å²) in [5.41, 5.74) is 3.19. The first-order valence-electron chi connectivity index (χ1n) is 7.49. The Hall–Kier alpha value is -1.68. The van der Waals surface area contributed by atoms with Gasteiger partial charge in [0.1, 0.15) is 0 Å². The van der Waals surface area contributed by atoms with Gasteiger partial charge >= 0.3 is 0 Å². The predicted molar refractivity (Wildman–Crippen MR) is 88.1 cm³/mol. The van der Waals surface area contributed by atoms with Crippen LogP contribution in [0.15, 0.2) is 52.0 Å². The topological polar surface area (TPSA) is 37.4 Å². The number of carbonyl (C=O) groups is 2. The van der Waals surface area contributed by atoms with Crippen LogP contribution < -0.4 is 4.90 Å². The largest absolute Gasteiger partial charge is 0.274 e. The highest BCUT2D eigenvalue weighted by Crippen LogP contribution is 2.57. The Morgan fingerprint density at radius 3 is 2.14 bits per heavy atom. The van der Waals surface area contributed by atoms with Crippen molar-refractivity contribution in [3.05, 3.63) is 52.0 Å². The molecule has 22 heavy (non-hydrogen) atoms. The van der Waals surface area contributed by atoms with Crippen LogP contribution in [0.5, 0.6) is 0 Å². The number of fused-ring (bicyclic) bond motifs is 5. The van der Waals surface area contributed by atoms with Crippen molar-refractivity contribution in [2.45, 2.75) is 13.8 Å². The van der Waals surface area contributed by atoms with Crippen LogP contribution in [-0.4, -0.2) is 11.8 Å². The molecule has 4 rings (SSSR count). The van der Waals surface area contributed by atoms with Gasteiger partial charge in [0.05, 0.1) is 17.5 Å². The molecule has 0 radical (unpaired) electrons. The zero-order valence-electron chi connectivity index (χ0n) is 12.4. The highest BCUT2D eigenvalue weighted by molar-refractivity contribution is 9.10. The number of anilines is 1. The summed E-state index contributed by atoms with van der Waals surface area (Å²) in [5, 5.41) is 0. The fourth-order valence-electron chi connectivity index (χ4n) is 4.30. The second kappa shape index (κ2) is 4.66. The second-order valence-corrected chi connectivity index (χ2v) is 7.35. The standard InChI is InChI=1S/C18H16BrNO2/c1-9(2)14-12-6-7-13(14)16-15(12)17(21)20(18(16)22)11-5-3-4-10(19)8-11/h3-8,12-13,15-16H,1-2H3/t12-,13+,15-,16-/m1/s1. The molecule has 1 aliphatic heterocycles. The number of allylic oxidation sites excluding steroid dienone is 4. The average molecular weight is 358 g/mol. The molecule has 4 atom stereocenters. The molecule has 1 heterocycles. The van der Waals surface area contributed by atoms with E-state index in [1.165, 1.54) is 16.0 Å². The van der Waals surface area contributed by atoms with Crippen molar-refractivity contribution in [1.29, 1.82) is 0 Å². The SMILES string of the molecule is CC(C)=C1[C@H]2C=C[C@@H]1[C@H]1C(=O)N(c3cccc(Br)c3)C(=O)[C@@H]12. The highest BCUT2D eigenvalue weighted by Gasteiger charge is 2.61. The van der Waals surface area contributed by atoms with E-state index in [1.807, 2.05) is 24.3 Å². The van der Waals surface area contributed by atoms with E-state index in [1.54, 1.807) is 0 Å². The van der Waals surface area contributed by atoms with Crippen molar-refractivity contribution in [2.24, 2.45) is 23.7 Å². The third-order valence-corrected chi connectivity index (χ3v) is 5.55. The summed E-state index contributed by atoms with van der Waals surface area (Å²) in [6.45, 7) is 4.15. The second-order valence-electron chi connectivity index (χ2n) is 6.44. The maximum absolute atomic E-state index is 12.9. The van der Waals surface area contributed by atoms with Crippen LogP contribution in [0.1, 0.15) is 13.8 Å². The highest BCUT2D eigenvalue weighted by atomic mass is 79.9. The van der Waals surface area contributed by atoms with E-state index < -0.39 is 0 Å². The van der Waals surface area contributed by atoms with Crippen LogP contribution >= 0.6 is 15.9 Å². The Morgan fingerprint density at radius 1 is 1.05 bits per heavy atom. The molecular formula is C18H16BrNO2. The zero-order chi connectivity index (χ0) is 15.6. The Bertz CT molecular complexity index is 726. The fraction of sp³-hybridized carbons (Fsp3) is 0.333. The van der Waals surface area contributed by atoms with Crippen molar-refractivity contribution in [2.75, 3.05) is 4.90 Å². The van der Waals surface area contributed by atoms with E-state index in [0.29, 0.717) is 5.69 Å². The third kappa shape index (κ3) is 1.67. The van der Waals surface area contributed by atoms with Crippen LogP contribution in [-0.2, 0) is 9.59 Å². The summed E-state index contributed by atoms with van der Waals surface area (Å²) in [6, 6.07) is 7.39. The number of nitrogens with zero attached hydrogens (tertiary/aromatic N) is 1. The first kappa shape index (κ1) is 13.9. The third-order valence-electron chi connectivity index (χ3n) is 5.06. The van der Waals surface area contributed by atoms with E-state index >= 15 is 0 Å². The van der Waals surface area contributed by atoms with Gasteiger partial charge in [0.2, 0.25) is 11.8 Å². The Morgan fingerprint density at radius 2 is 1.64 bits per heavy atom. The fourth-order valence-corrected chi connectivity index (χ4v) is 4.69. The van der Waals surface area contributed by atoms with E-state index in [4.69, 9.17) is 0 Å². The molecule has 2 amide bonds. The molecule has 2 bridgehead atoms. The van der Waals surface area contributed by atoms with Gasteiger partial charge in [-0.25, -0.2) is 4.90 Å². The lowest BCUT2D eigenvalue weighted by Crippen LogP contribution is -2.33. The van der Waals surface area contributed by atoms with E-state index in [-0.39, 0.29) is 35.5 Å². The summed E-state index contributed by atoms with van der Waals surface area (Å²) >= 11 is 3.41. The van der Waals surface area contributed by atoms with E-state index in [9.17, 15) is 9.59 Å². The lowest BCUT2D eigenvalue weighted by atomic mass is 9.85. The summed E-state index contributed by atoms with van der Waals surface area (Å²) in [6.07, 6.45) is 4.23. The quantitative estimate of drug-likeness (QED) is 0.567. The number of rotatable bonds is 1. The molecule has 112 valence electrons.